The highest BCUT2D eigenvalue weighted by Crippen LogP contribution is 2.29. The molecule has 11 heteroatoms. The first-order valence-electron chi connectivity index (χ1n) is 9.89. The van der Waals surface area contributed by atoms with Crippen molar-refractivity contribution in [3.63, 3.8) is 0 Å². The summed E-state index contributed by atoms with van der Waals surface area (Å²) in [4.78, 5) is 29.5. The highest BCUT2D eigenvalue weighted by Gasteiger charge is 2.16. The number of nitrogens with one attached hydrogen (secondary N) is 2. The van der Waals surface area contributed by atoms with Gasteiger partial charge in [-0.3, -0.25) is 9.59 Å². The Bertz CT molecular complexity index is 1320. The number of thiazole rings is 1. The van der Waals surface area contributed by atoms with Crippen LogP contribution in [0.25, 0.3) is 16.3 Å². The van der Waals surface area contributed by atoms with Gasteiger partial charge in [0.15, 0.2) is 17.3 Å². The van der Waals surface area contributed by atoms with Gasteiger partial charge in [-0.2, -0.15) is 4.98 Å². The van der Waals surface area contributed by atoms with E-state index in [2.05, 4.69) is 20.7 Å². The summed E-state index contributed by atoms with van der Waals surface area (Å²) in [6.07, 6.45) is 0.432. The summed E-state index contributed by atoms with van der Waals surface area (Å²) in [7, 11) is 2.99. The number of aromatic nitrogens is 3. The third-order valence-corrected chi connectivity index (χ3v) is 5.61. The Morgan fingerprint density at radius 1 is 1.09 bits per heavy atom. The molecule has 0 atom stereocenters. The van der Waals surface area contributed by atoms with E-state index in [-0.39, 0.29) is 12.4 Å². The smallest absolute Gasteiger partial charge is 0.313 e. The molecule has 0 radical (unpaired) electrons. The first-order valence-corrected chi connectivity index (χ1v) is 10.8. The highest BCUT2D eigenvalue weighted by atomic mass is 32.1. The number of rotatable bonds is 7. The van der Waals surface area contributed by atoms with E-state index in [0.717, 1.165) is 5.69 Å². The predicted octanol–water partition coefficient (Wildman–Crippen LogP) is 2.91. The largest absolute Gasteiger partial charge is 0.493 e. The first-order chi connectivity index (χ1) is 16.0. The lowest BCUT2D eigenvalue weighted by molar-refractivity contribution is -0.136. The number of hydrogen-bond donors (Lipinski definition) is 2. The Morgan fingerprint density at radius 2 is 1.91 bits per heavy atom. The molecule has 4 aromatic rings. The number of carbonyl (C=O) groups is 2. The number of fused-ring (bicyclic) bond motifs is 1. The second-order valence-electron chi connectivity index (χ2n) is 6.90. The lowest BCUT2D eigenvalue weighted by atomic mass is 10.2. The lowest BCUT2D eigenvalue weighted by Gasteiger charge is -2.10. The zero-order valence-corrected chi connectivity index (χ0v) is 18.6. The van der Waals surface area contributed by atoms with Gasteiger partial charge in [0.1, 0.15) is 5.82 Å². The Labute approximate surface area is 192 Å². The van der Waals surface area contributed by atoms with E-state index in [0.29, 0.717) is 40.0 Å². The summed E-state index contributed by atoms with van der Waals surface area (Å²) >= 11 is 1.39. The van der Waals surface area contributed by atoms with Gasteiger partial charge in [0, 0.05) is 35.7 Å². The fourth-order valence-corrected chi connectivity index (χ4v) is 3.99. The molecule has 0 aliphatic carbocycles. The van der Waals surface area contributed by atoms with E-state index in [1.165, 1.54) is 37.7 Å². The summed E-state index contributed by atoms with van der Waals surface area (Å²) in [6, 6.07) is 10.9. The van der Waals surface area contributed by atoms with Crippen LogP contribution in [-0.4, -0.2) is 47.2 Å². The van der Waals surface area contributed by atoms with Crippen molar-refractivity contribution in [1.29, 1.82) is 0 Å². The van der Waals surface area contributed by atoms with Gasteiger partial charge in [0.05, 0.1) is 19.9 Å². The van der Waals surface area contributed by atoms with Crippen LogP contribution in [-0.2, 0) is 16.0 Å². The Balaban J connectivity index is 1.35. The summed E-state index contributed by atoms with van der Waals surface area (Å²) in [5.41, 5.74) is 1.79. The lowest BCUT2D eigenvalue weighted by Crippen LogP contribution is -2.36. The molecule has 4 rings (SSSR count). The van der Waals surface area contributed by atoms with Crippen molar-refractivity contribution in [3.05, 3.63) is 59.4 Å². The van der Waals surface area contributed by atoms with E-state index in [9.17, 15) is 14.0 Å². The zero-order chi connectivity index (χ0) is 23.4. The van der Waals surface area contributed by atoms with E-state index < -0.39 is 11.8 Å². The molecule has 170 valence electrons. The maximum absolute atomic E-state index is 13.5. The van der Waals surface area contributed by atoms with Crippen molar-refractivity contribution < 1.29 is 23.5 Å². The van der Waals surface area contributed by atoms with Crippen LogP contribution in [0, 0.1) is 5.82 Å². The van der Waals surface area contributed by atoms with Gasteiger partial charge in [-0.05, 0) is 24.3 Å². The summed E-state index contributed by atoms with van der Waals surface area (Å²) in [5, 5.41) is 11.4. The Kier molecular flexibility index (Phi) is 6.50. The van der Waals surface area contributed by atoms with Crippen LogP contribution in [0.3, 0.4) is 0 Å². The minimum Gasteiger partial charge on any atom is -0.493 e. The van der Waals surface area contributed by atoms with E-state index >= 15 is 0 Å². The molecular formula is C22H20FN5O4S. The SMILES string of the molecule is COc1ccc(NC(=O)C(=O)NCCc2csc3nc(-c4cccc(F)c4)nn23)cc1OC. The van der Waals surface area contributed by atoms with Gasteiger partial charge < -0.3 is 20.1 Å². The molecular weight excluding hydrogens is 449 g/mol. The highest BCUT2D eigenvalue weighted by molar-refractivity contribution is 7.15. The Hall–Kier alpha value is -3.99. The molecule has 0 bridgehead atoms. The minimum atomic E-state index is -0.799. The summed E-state index contributed by atoms with van der Waals surface area (Å²) in [5.74, 6) is -0.568. The number of carbonyl (C=O) groups excluding carboxylic acids is 2. The van der Waals surface area contributed by atoms with E-state index in [4.69, 9.17) is 9.47 Å². The summed E-state index contributed by atoms with van der Waals surface area (Å²) in [6.45, 7) is 0.221. The maximum Gasteiger partial charge on any atom is 0.313 e. The van der Waals surface area contributed by atoms with Crippen LogP contribution in [0.15, 0.2) is 47.8 Å². The average molecular weight is 469 g/mol. The molecule has 0 fully saturated rings. The van der Waals surface area contributed by atoms with Gasteiger partial charge in [0.25, 0.3) is 0 Å². The fourth-order valence-electron chi connectivity index (χ4n) is 3.13. The average Bonchev–Trinajstić information content (AvgIpc) is 3.40. The number of hydrogen-bond acceptors (Lipinski definition) is 7. The molecule has 2 aromatic heterocycles. The first kappa shape index (κ1) is 22.2. The molecule has 0 saturated heterocycles. The Morgan fingerprint density at radius 3 is 2.67 bits per heavy atom. The minimum absolute atomic E-state index is 0.221. The number of amides is 2. The maximum atomic E-state index is 13.5. The van der Waals surface area contributed by atoms with E-state index in [1.54, 1.807) is 34.8 Å². The predicted molar refractivity (Wildman–Crippen MR) is 121 cm³/mol. The monoisotopic (exact) mass is 469 g/mol. The van der Waals surface area contributed by atoms with Crippen molar-refractivity contribution >= 4 is 33.8 Å². The van der Waals surface area contributed by atoms with Crippen LogP contribution >= 0.6 is 11.3 Å². The van der Waals surface area contributed by atoms with Crippen LogP contribution in [0.4, 0.5) is 10.1 Å². The van der Waals surface area contributed by atoms with Crippen molar-refractivity contribution in [2.75, 3.05) is 26.1 Å². The second kappa shape index (κ2) is 9.65. The molecule has 2 heterocycles. The van der Waals surface area contributed by atoms with Crippen molar-refractivity contribution in [3.8, 4) is 22.9 Å². The zero-order valence-electron chi connectivity index (χ0n) is 17.8. The number of anilines is 1. The van der Waals surface area contributed by atoms with Crippen LogP contribution in [0.2, 0.25) is 0 Å². The quantitative estimate of drug-likeness (QED) is 0.403. The number of benzene rings is 2. The third kappa shape index (κ3) is 4.93. The van der Waals surface area contributed by atoms with E-state index in [1.807, 2.05) is 5.38 Å². The second-order valence-corrected chi connectivity index (χ2v) is 7.73. The van der Waals surface area contributed by atoms with Crippen molar-refractivity contribution in [1.82, 2.24) is 19.9 Å². The van der Waals surface area contributed by atoms with Crippen molar-refractivity contribution in [2.24, 2.45) is 0 Å². The number of ether oxygens (including phenoxy) is 2. The molecule has 9 nitrogen and oxygen atoms in total. The molecule has 0 unspecified atom stereocenters. The molecule has 0 saturated carbocycles. The normalized spacial score (nSPS) is 10.8. The molecule has 0 spiro atoms. The third-order valence-electron chi connectivity index (χ3n) is 4.75. The number of halogens is 1. The molecule has 2 amide bonds. The fraction of sp³-hybridized carbons (Fsp3) is 0.182. The van der Waals surface area contributed by atoms with Crippen LogP contribution in [0.1, 0.15) is 5.69 Å². The van der Waals surface area contributed by atoms with Crippen molar-refractivity contribution in [2.45, 2.75) is 6.42 Å². The molecule has 2 aromatic carbocycles. The number of methoxy groups -OCH3 is 2. The van der Waals surface area contributed by atoms with Gasteiger partial charge in [-0.25, -0.2) is 8.91 Å². The molecule has 0 aliphatic heterocycles. The standard InChI is InChI=1S/C22H20FN5O4S/c1-31-17-7-6-15(11-18(17)32-2)25-21(30)20(29)24-9-8-16-12-33-22-26-19(27-28(16)22)13-4-3-5-14(23)10-13/h3-7,10-12H,8-9H2,1-2H3,(H,24,29)(H,25,30). The number of nitrogens with zero attached hydrogens (tertiary/aromatic N) is 3. The van der Waals surface area contributed by atoms with Crippen LogP contribution in [0.5, 0.6) is 11.5 Å². The molecule has 33 heavy (non-hydrogen) atoms. The van der Waals surface area contributed by atoms with Gasteiger partial charge in [0.2, 0.25) is 4.96 Å². The molecule has 2 N–H and O–H groups in total. The topological polar surface area (TPSA) is 107 Å². The summed E-state index contributed by atoms with van der Waals surface area (Å²) < 4.78 is 25.5. The van der Waals surface area contributed by atoms with Gasteiger partial charge in [-0.15, -0.1) is 16.4 Å². The molecule has 0 aliphatic rings. The van der Waals surface area contributed by atoms with Gasteiger partial charge in [-0.1, -0.05) is 12.1 Å². The van der Waals surface area contributed by atoms with Crippen LogP contribution < -0.4 is 20.1 Å². The van der Waals surface area contributed by atoms with Gasteiger partial charge >= 0.3 is 11.8 Å².